The maximum absolute atomic E-state index is 5.72. The topological polar surface area (TPSA) is 12.5 Å². The summed E-state index contributed by atoms with van der Waals surface area (Å²) in [5.74, 6) is 0. The fourth-order valence-electron chi connectivity index (χ4n) is 1.71. The van der Waals surface area contributed by atoms with E-state index in [2.05, 4.69) is 11.0 Å². The highest BCUT2D eigenvalue weighted by atomic mass is 16.5. The minimum atomic E-state index is 0.843. The lowest BCUT2D eigenvalue weighted by Crippen LogP contribution is -2.35. The highest BCUT2D eigenvalue weighted by Gasteiger charge is 2.10. The zero-order valence-corrected chi connectivity index (χ0v) is 8.28. The quantitative estimate of drug-likeness (QED) is 0.700. The first kappa shape index (κ1) is 9.69. The van der Waals surface area contributed by atoms with Crippen LogP contribution in [-0.4, -0.2) is 31.2 Å². The van der Waals surface area contributed by atoms with Crippen molar-refractivity contribution < 1.29 is 4.74 Å². The zero-order valence-electron chi connectivity index (χ0n) is 8.28. The molecule has 2 rings (SSSR count). The van der Waals surface area contributed by atoms with Crippen molar-refractivity contribution >= 4 is 0 Å². The first-order valence-corrected chi connectivity index (χ1v) is 4.99. The summed E-state index contributed by atoms with van der Waals surface area (Å²) in [6.07, 6.45) is 0. The van der Waals surface area contributed by atoms with Gasteiger partial charge in [-0.3, -0.25) is 4.90 Å². The molecule has 1 aromatic carbocycles. The van der Waals surface area contributed by atoms with Gasteiger partial charge in [0.05, 0.1) is 13.2 Å². The Morgan fingerprint density at radius 1 is 1.29 bits per heavy atom. The molecule has 0 aromatic heterocycles. The molecule has 0 bridgehead atoms. The Balaban J connectivity index is 1.95. The summed E-state index contributed by atoms with van der Waals surface area (Å²) in [5.41, 5.74) is 2.13. The first-order valence-electron chi connectivity index (χ1n) is 4.99. The second-order valence-corrected chi connectivity index (χ2v) is 3.63. The molecule has 2 heteroatoms. The molecule has 1 fully saturated rings. The number of ether oxygens (including phenoxy) is 1. The van der Waals surface area contributed by atoms with E-state index >= 15 is 0 Å². The standard InChI is InChI=1S/C12H15NO/c1-11-3-2-4-12(9-11)10-13-5-7-14-8-6-13/h1-4,9H,5-8,10H2. The smallest absolute Gasteiger partial charge is 0.0594 e. The number of nitrogens with zero attached hydrogens (tertiary/aromatic N) is 1. The number of hydrogen-bond donors (Lipinski definition) is 0. The lowest BCUT2D eigenvalue weighted by molar-refractivity contribution is 0.0342. The molecule has 1 saturated heterocycles. The third-order valence-electron chi connectivity index (χ3n) is 2.46. The van der Waals surface area contributed by atoms with Crippen molar-refractivity contribution in [1.82, 2.24) is 4.90 Å². The normalized spacial score (nSPS) is 18.4. The van der Waals surface area contributed by atoms with Gasteiger partial charge in [0.15, 0.2) is 0 Å². The van der Waals surface area contributed by atoms with Gasteiger partial charge in [-0.1, -0.05) is 24.3 Å². The SMILES string of the molecule is [CH]c1cccc(CN2CCOCC2)c1. The summed E-state index contributed by atoms with van der Waals surface area (Å²) in [7, 11) is 0. The summed E-state index contributed by atoms with van der Waals surface area (Å²) in [4.78, 5) is 2.39. The van der Waals surface area contributed by atoms with Crippen molar-refractivity contribution in [3.05, 3.63) is 42.3 Å². The maximum atomic E-state index is 5.72. The number of morpholine rings is 1. The fourth-order valence-corrected chi connectivity index (χ4v) is 1.71. The lowest BCUT2D eigenvalue weighted by Gasteiger charge is -2.26. The van der Waals surface area contributed by atoms with E-state index in [1.54, 1.807) is 0 Å². The predicted octanol–water partition coefficient (Wildman–Crippen LogP) is 1.58. The molecule has 0 N–H and O–H groups in total. The van der Waals surface area contributed by atoms with Crippen molar-refractivity contribution in [2.75, 3.05) is 26.3 Å². The van der Waals surface area contributed by atoms with Gasteiger partial charge >= 0.3 is 0 Å². The van der Waals surface area contributed by atoms with Crippen LogP contribution in [0.1, 0.15) is 11.1 Å². The van der Waals surface area contributed by atoms with Gasteiger partial charge in [-0.15, -0.1) is 0 Å². The Hall–Kier alpha value is -0.860. The monoisotopic (exact) mass is 189 g/mol. The highest BCUT2D eigenvalue weighted by molar-refractivity contribution is 5.25. The Morgan fingerprint density at radius 2 is 2.07 bits per heavy atom. The van der Waals surface area contributed by atoms with Gasteiger partial charge in [0.2, 0.25) is 0 Å². The van der Waals surface area contributed by atoms with Crippen molar-refractivity contribution in [2.45, 2.75) is 6.54 Å². The molecule has 14 heavy (non-hydrogen) atoms. The Kier molecular flexibility index (Phi) is 3.17. The Bertz CT molecular complexity index is 292. The maximum Gasteiger partial charge on any atom is 0.0594 e. The first-order chi connectivity index (χ1) is 6.84. The van der Waals surface area contributed by atoms with E-state index in [4.69, 9.17) is 11.7 Å². The molecule has 1 aliphatic rings. The molecule has 0 aliphatic carbocycles. The largest absolute Gasteiger partial charge is 0.379 e. The molecule has 2 radical (unpaired) electrons. The molecule has 1 aliphatic heterocycles. The zero-order chi connectivity index (χ0) is 9.80. The third kappa shape index (κ3) is 2.56. The Morgan fingerprint density at radius 3 is 2.79 bits per heavy atom. The van der Waals surface area contributed by atoms with Crippen molar-refractivity contribution in [3.63, 3.8) is 0 Å². The van der Waals surface area contributed by atoms with E-state index in [-0.39, 0.29) is 0 Å². The number of rotatable bonds is 2. The molecular formula is C12H15NO. The van der Waals surface area contributed by atoms with Crippen LogP contribution < -0.4 is 0 Å². The summed E-state index contributed by atoms with van der Waals surface area (Å²) in [5, 5.41) is 0. The van der Waals surface area contributed by atoms with Crippen LogP contribution in [0.5, 0.6) is 0 Å². The van der Waals surface area contributed by atoms with Crippen LogP contribution in [-0.2, 0) is 11.3 Å². The molecule has 0 atom stereocenters. The molecule has 0 unspecified atom stereocenters. The molecule has 0 saturated carbocycles. The summed E-state index contributed by atoms with van der Waals surface area (Å²) in [6, 6.07) is 8.08. The van der Waals surface area contributed by atoms with E-state index in [1.165, 1.54) is 5.56 Å². The lowest BCUT2D eigenvalue weighted by atomic mass is 10.1. The van der Waals surface area contributed by atoms with E-state index in [1.807, 2.05) is 18.2 Å². The molecule has 2 nitrogen and oxygen atoms in total. The molecule has 1 aromatic rings. The van der Waals surface area contributed by atoms with E-state index in [0.717, 1.165) is 38.4 Å². The van der Waals surface area contributed by atoms with Crippen LogP contribution in [0.2, 0.25) is 0 Å². The summed E-state index contributed by atoms with van der Waals surface area (Å²) < 4.78 is 5.29. The van der Waals surface area contributed by atoms with Crippen molar-refractivity contribution in [2.24, 2.45) is 0 Å². The number of hydrogen-bond acceptors (Lipinski definition) is 2. The van der Waals surface area contributed by atoms with Gasteiger partial charge in [0, 0.05) is 19.6 Å². The van der Waals surface area contributed by atoms with Gasteiger partial charge in [-0.05, 0) is 18.1 Å². The predicted molar refractivity (Wildman–Crippen MR) is 55.9 cm³/mol. The van der Waals surface area contributed by atoms with Crippen LogP contribution in [0.4, 0.5) is 0 Å². The second-order valence-electron chi connectivity index (χ2n) is 3.63. The van der Waals surface area contributed by atoms with Crippen molar-refractivity contribution in [1.29, 1.82) is 0 Å². The van der Waals surface area contributed by atoms with E-state index in [9.17, 15) is 0 Å². The molecule has 0 amide bonds. The second kappa shape index (κ2) is 4.58. The minimum absolute atomic E-state index is 0.843. The van der Waals surface area contributed by atoms with Gasteiger partial charge in [-0.2, -0.15) is 0 Å². The van der Waals surface area contributed by atoms with E-state index in [0.29, 0.717) is 0 Å². The minimum Gasteiger partial charge on any atom is -0.379 e. The number of benzene rings is 1. The van der Waals surface area contributed by atoms with Gasteiger partial charge in [-0.25, -0.2) is 0 Å². The van der Waals surface area contributed by atoms with Crippen LogP contribution >= 0.6 is 0 Å². The summed E-state index contributed by atoms with van der Waals surface area (Å²) >= 11 is 0. The van der Waals surface area contributed by atoms with Gasteiger partial charge in [0.1, 0.15) is 0 Å². The van der Waals surface area contributed by atoms with Gasteiger partial charge < -0.3 is 4.74 Å². The van der Waals surface area contributed by atoms with Crippen LogP contribution in [0, 0.1) is 6.92 Å². The molecule has 1 heterocycles. The average Bonchev–Trinajstić information content (AvgIpc) is 2.19. The molecule has 74 valence electrons. The van der Waals surface area contributed by atoms with Crippen LogP contribution in [0.25, 0.3) is 0 Å². The molecular weight excluding hydrogens is 174 g/mol. The van der Waals surface area contributed by atoms with Crippen LogP contribution in [0.15, 0.2) is 24.3 Å². The van der Waals surface area contributed by atoms with Crippen LogP contribution in [0.3, 0.4) is 0 Å². The molecule has 0 spiro atoms. The van der Waals surface area contributed by atoms with Crippen molar-refractivity contribution in [3.8, 4) is 0 Å². The van der Waals surface area contributed by atoms with E-state index < -0.39 is 0 Å². The summed E-state index contributed by atoms with van der Waals surface area (Å²) in [6.45, 7) is 10.4. The third-order valence-corrected chi connectivity index (χ3v) is 2.46. The highest BCUT2D eigenvalue weighted by Crippen LogP contribution is 2.08. The van der Waals surface area contributed by atoms with Gasteiger partial charge in [0.25, 0.3) is 0 Å². The Labute approximate surface area is 85.5 Å². The average molecular weight is 189 g/mol. The fraction of sp³-hybridized carbons (Fsp3) is 0.417.